The number of rotatable bonds is 4. The number of para-hydroxylation sites is 1. The van der Waals surface area contributed by atoms with Gasteiger partial charge in [-0.2, -0.15) is 5.10 Å². The van der Waals surface area contributed by atoms with Crippen LogP contribution in [0.1, 0.15) is 28.5 Å². The third-order valence-corrected chi connectivity index (χ3v) is 5.20. The molecule has 0 bridgehead atoms. The third kappa shape index (κ3) is 3.43. The van der Waals surface area contributed by atoms with Gasteiger partial charge in [-0.3, -0.25) is 4.79 Å². The molecule has 2 aromatic carbocycles. The molecule has 1 atom stereocenters. The van der Waals surface area contributed by atoms with Crippen molar-refractivity contribution in [1.29, 1.82) is 0 Å². The van der Waals surface area contributed by atoms with Gasteiger partial charge in [-0.1, -0.05) is 29.8 Å². The number of ether oxygens (including phenoxy) is 1. The SMILES string of the molecule is Cc1cc(OCn2ccc(C(=O)N3c4ccccc4CC3C)n2)ccc1Cl. The first-order valence-electron chi connectivity index (χ1n) is 8.87. The van der Waals surface area contributed by atoms with Crippen molar-refractivity contribution in [1.82, 2.24) is 9.78 Å². The Bertz CT molecular complexity index is 999. The summed E-state index contributed by atoms with van der Waals surface area (Å²) < 4.78 is 7.36. The number of halogens is 1. The Kier molecular flexibility index (Phi) is 4.62. The number of benzene rings is 2. The molecule has 4 rings (SSSR count). The zero-order valence-corrected chi connectivity index (χ0v) is 16.0. The normalized spacial score (nSPS) is 15.7. The van der Waals surface area contributed by atoms with Crippen LogP contribution < -0.4 is 9.64 Å². The van der Waals surface area contributed by atoms with Crippen molar-refractivity contribution in [3.63, 3.8) is 0 Å². The minimum Gasteiger partial charge on any atom is -0.471 e. The number of anilines is 1. The molecule has 3 aromatic rings. The van der Waals surface area contributed by atoms with Crippen molar-refractivity contribution in [2.75, 3.05) is 4.90 Å². The molecule has 1 unspecified atom stereocenters. The summed E-state index contributed by atoms with van der Waals surface area (Å²) in [5.74, 6) is 0.621. The van der Waals surface area contributed by atoms with E-state index in [9.17, 15) is 4.79 Å². The molecule has 6 heteroatoms. The zero-order chi connectivity index (χ0) is 19.0. The predicted molar refractivity (Wildman–Crippen MR) is 105 cm³/mol. The number of aromatic nitrogens is 2. The molecule has 0 radical (unpaired) electrons. The van der Waals surface area contributed by atoms with Gasteiger partial charge in [0.2, 0.25) is 0 Å². The van der Waals surface area contributed by atoms with Crippen LogP contribution in [0, 0.1) is 6.92 Å². The fourth-order valence-electron chi connectivity index (χ4n) is 3.39. The van der Waals surface area contributed by atoms with E-state index < -0.39 is 0 Å². The van der Waals surface area contributed by atoms with Crippen LogP contribution in [0.3, 0.4) is 0 Å². The Morgan fingerprint density at radius 3 is 2.89 bits per heavy atom. The first kappa shape index (κ1) is 17.6. The van der Waals surface area contributed by atoms with Crippen molar-refractivity contribution in [2.24, 2.45) is 0 Å². The summed E-state index contributed by atoms with van der Waals surface area (Å²) in [6, 6.07) is 15.4. The highest BCUT2D eigenvalue weighted by atomic mass is 35.5. The second-order valence-electron chi connectivity index (χ2n) is 6.78. The van der Waals surface area contributed by atoms with Gasteiger partial charge >= 0.3 is 0 Å². The summed E-state index contributed by atoms with van der Waals surface area (Å²) in [5.41, 5.74) is 3.53. The molecular formula is C21H20ClN3O2. The lowest BCUT2D eigenvalue weighted by atomic mass is 10.1. The second-order valence-corrected chi connectivity index (χ2v) is 7.19. The number of aryl methyl sites for hydroxylation is 1. The molecule has 2 heterocycles. The predicted octanol–water partition coefficient (Wildman–Crippen LogP) is 4.47. The molecule has 1 aromatic heterocycles. The highest BCUT2D eigenvalue weighted by molar-refractivity contribution is 6.31. The standard InChI is InChI=1S/C21H20ClN3O2/c1-14-11-17(7-8-18(14)22)27-13-24-10-9-19(23-24)21(26)25-15(2)12-16-5-3-4-6-20(16)25/h3-11,15H,12-13H2,1-2H3. The van der Waals surface area contributed by atoms with Gasteiger partial charge < -0.3 is 9.64 Å². The Labute approximate surface area is 163 Å². The zero-order valence-electron chi connectivity index (χ0n) is 15.2. The number of amides is 1. The molecule has 0 spiro atoms. The van der Waals surface area contributed by atoms with E-state index in [2.05, 4.69) is 18.1 Å². The monoisotopic (exact) mass is 381 g/mol. The largest absolute Gasteiger partial charge is 0.471 e. The van der Waals surface area contributed by atoms with Crippen molar-refractivity contribution < 1.29 is 9.53 Å². The molecule has 138 valence electrons. The topological polar surface area (TPSA) is 47.4 Å². The fraction of sp³-hybridized carbons (Fsp3) is 0.238. The number of hydrogen-bond acceptors (Lipinski definition) is 3. The van der Waals surface area contributed by atoms with E-state index in [4.69, 9.17) is 16.3 Å². The molecule has 0 saturated carbocycles. The summed E-state index contributed by atoms with van der Waals surface area (Å²) in [4.78, 5) is 14.8. The fourth-order valence-corrected chi connectivity index (χ4v) is 3.51. The van der Waals surface area contributed by atoms with Crippen LogP contribution in [0.4, 0.5) is 5.69 Å². The molecule has 0 fully saturated rings. The van der Waals surface area contributed by atoms with E-state index in [1.165, 1.54) is 5.56 Å². The number of nitrogens with zero attached hydrogens (tertiary/aromatic N) is 3. The molecule has 0 aliphatic carbocycles. The summed E-state index contributed by atoms with van der Waals surface area (Å²) >= 11 is 6.03. The van der Waals surface area contributed by atoms with Gasteiger partial charge in [0.1, 0.15) is 5.75 Å². The van der Waals surface area contributed by atoms with E-state index in [1.54, 1.807) is 23.0 Å². The first-order valence-corrected chi connectivity index (χ1v) is 9.24. The van der Waals surface area contributed by atoms with E-state index >= 15 is 0 Å². The Morgan fingerprint density at radius 1 is 1.26 bits per heavy atom. The van der Waals surface area contributed by atoms with Crippen LogP contribution in [0.15, 0.2) is 54.7 Å². The van der Waals surface area contributed by atoms with Crippen LogP contribution in [-0.2, 0) is 13.2 Å². The minimum absolute atomic E-state index is 0.0893. The number of hydrogen-bond donors (Lipinski definition) is 0. The Hall–Kier alpha value is -2.79. The molecule has 1 amide bonds. The van der Waals surface area contributed by atoms with Crippen LogP contribution >= 0.6 is 11.6 Å². The summed E-state index contributed by atoms with van der Waals surface area (Å²) in [6.45, 7) is 4.20. The maximum absolute atomic E-state index is 13.0. The maximum atomic E-state index is 13.0. The van der Waals surface area contributed by atoms with Crippen LogP contribution in [0.5, 0.6) is 5.75 Å². The lowest BCUT2D eigenvalue weighted by molar-refractivity contribution is 0.0974. The van der Waals surface area contributed by atoms with Gasteiger partial charge in [-0.05, 0) is 61.7 Å². The van der Waals surface area contributed by atoms with Gasteiger partial charge in [0, 0.05) is 22.9 Å². The Balaban J connectivity index is 1.47. The number of carbonyl (C=O) groups is 1. The highest BCUT2D eigenvalue weighted by Crippen LogP contribution is 2.32. The van der Waals surface area contributed by atoms with Crippen LogP contribution in [0.25, 0.3) is 0 Å². The lowest BCUT2D eigenvalue weighted by Gasteiger charge is -2.21. The van der Waals surface area contributed by atoms with Crippen molar-refractivity contribution in [3.05, 3.63) is 76.6 Å². The van der Waals surface area contributed by atoms with Gasteiger partial charge in [0.25, 0.3) is 5.91 Å². The summed E-state index contributed by atoms with van der Waals surface area (Å²) in [6.07, 6.45) is 2.62. The minimum atomic E-state index is -0.0893. The van der Waals surface area contributed by atoms with Gasteiger partial charge in [0.15, 0.2) is 12.4 Å². The van der Waals surface area contributed by atoms with Gasteiger partial charge in [0.05, 0.1) is 0 Å². The van der Waals surface area contributed by atoms with Crippen molar-refractivity contribution in [3.8, 4) is 5.75 Å². The van der Waals surface area contributed by atoms with Gasteiger partial charge in [-0.25, -0.2) is 4.68 Å². The quantitative estimate of drug-likeness (QED) is 0.669. The molecule has 1 aliphatic rings. The molecule has 5 nitrogen and oxygen atoms in total. The molecular weight excluding hydrogens is 362 g/mol. The van der Waals surface area contributed by atoms with E-state index in [1.807, 2.05) is 42.2 Å². The molecule has 1 aliphatic heterocycles. The van der Waals surface area contributed by atoms with Gasteiger partial charge in [-0.15, -0.1) is 0 Å². The molecule has 27 heavy (non-hydrogen) atoms. The second kappa shape index (κ2) is 7.08. The van der Waals surface area contributed by atoms with Crippen molar-refractivity contribution >= 4 is 23.2 Å². The van der Waals surface area contributed by atoms with E-state index in [0.29, 0.717) is 16.5 Å². The molecule has 0 N–H and O–H groups in total. The summed E-state index contributed by atoms with van der Waals surface area (Å²) in [5, 5.41) is 5.09. The van der Waals surface area contributed by atoms with Crippen molar-refractivity contribution in [2.45, 2.75) is 33.0 Å². The number of carbonyl (C=O) groups excluding carboxylic acids is 1. The average Bonchev–Trinajstić information content (AvgIpc) is 3.26. The molecule has 0 saturated heterocycles. The third-order valence-electron chi connectivity index (χ3n) is 4.78. The van der Waals surface area contributed by atoms with E-state index in [-0.39, 0.29) is 18.7 Å². The smallest absolute Gasteiger partial charge is 0.279 e. The maximum Gasteiger partial charge on any atom is 0.279 e. The average molecular weight is 382 g/mol. The van der Waals surface area contributed by atoms with Crippen LogP contribution in [0.2, 0.25) is 5.02 Å². The Morgan fingerprint density at radius 2 is 2.07 bits per heavy atom. The lowest BCUT2D eigenvalue weighted by Crippen LogP contribution is -2.36. The highest BCUT2D eigenvalue weighted by Gasteiger charge is 2.32. The summed E-state index contributed by atoms with van der Waals surface area (Å²) in [7, 11) is 0. The number of fused-ring (bicyclic) bond motifs is 1. The van der Waals surface area contributed by atoms with E-state index in [0.717, 1.165) is 17.7 Å². The first-order chi connectivity index (χ1) is 13.0. The van der Waals surface area contributed by atoms with Crippen LogP contribution in [-0.4, -0.2) is 21.7 Å².